The fourth-order valence-electron chi connectivity index (χ4n) is 2.36. The van der Waals surface area contributed by atoms with Crippen molar-refractivity contribution >= 4 is 18.0 Å². The summed E-state index contributed by atoms with van der Waals surface area (Å²) in [6.07, 6.45) is 1.42. The average molecular weight is 354 g/mol. The SMILES string of the molecule is CC1(C)OC(=O)C(=Cc2ccc(OCc3ccc(O)cc3)cc2)C(=O)O1. The third kappa shape index (κ3) is 4.22. The number of phenols is 1. The summed E-state index contributed by atoms with van der Waals surface area (Å²) in [5, 5.41) is 9.26. The molecular formula is C20H18O6. The zero-order valence-corrected chi connectivity index (χ0v) is 14.4. The monoisotopic (exact) mass is 354 g/mol. The highest BCUT2D eigenvalue weighted by Crippen LogP contribution is 2.25. The predicted octanol–water partition coefficient (Wildman–Crippen LogP) is 3.19. The highest BCUT2D eigenvalue weighted by Gasteiger charge is 2.38. The van der Waals surface area contributed by atoms with Gasteiger partial charge in [0, 0.05) is 13.8 Å². The maximum Gasteiger partial charge on any atom is 0.348 e. The molecule has 0 spiro atoms. The van der Waals surface area contributed by atoms with Gasteiger partial charge >= 0.3 is 11.9 Å². The molecule has 1 fully saturated rings. The van der Waals surface area contributed by atoms with E-state index in [0.29, 0.717) is 17.9 Å². The molecule has 3 rings (SSSR count). The van der Waals surface area contributed by atoms with Crippen LogP contribution in [0, 0.1) is 0 Å². The van der Waals surface area contributed by atoms with Crippen molar-refractivity contribution in [3.8, 4) is 11.5 Å². The smallest absolute Gasteiger partial charge is 0.348 e. The van der Waals surface area contributed by atoms with E-state index in [2.05, 4.69) is 0 Å². The van der Waals surface area contributed by atoms with Gasteiger partial charge in [0.25, 0.3) is 5.79 Å². The van der Waals surface area contributed by atoms with Crippen molar-refractivity contribution in [3.63, 3.8) is 0 Å². The van der Waals surface area contributed by atoms with E-state index in [-0.39, 0.29) is 11.3 Å². The number of cyclic esters (lactones) is 2. The van der Waals surface area contributed by atoms with Gasteiger partial charge in [-0.15, -0.1) is 0 Å². The van der Waals surface area contributed by atoms with Crippen LogP contribution in [0.25, 0.3) is 6.08 Å². The molecule has 134 valence electrons. The van der Waals surface area contributed by atoms with Crippen LogP contribution in [0.2, 0.25) is 0 Å². The van der Waals surface area contributed by atoms with E-state index in [1.807, 2.05) is 0 Å². The molecule has 26 heavy (non-hydrogen) atoms. The summed E-state index contributed by atoms with van der Waals surface area (Å²) in [4.78, 5) is 23.9. The number of phenolic OH excluding ortho intramolecular Hbond substituents is 1. The molecule has 0 aliphatic carbocycles. The molecule has 0 atom stereocenters. The summed E-state index contributed by atoms with van der Waals surface area (Å²) in [6, 6.07) is 13.6. The zero-order valence-electron chi connectivity index (χ0n) is 14.4. The molecule has 0 amide bonds. The van der Waals surface area contributed by atoms with Crippen molar-refractivity contribution < 1.29 is 28.9 Å². The number of hydrogen-bond donors (Lipinski definition) is 1. The molecule has 1 N–H and O–H groups in total. The van der Waals surface area contributed by atoms with E-state index >= 15 is 0 Å². The first-order valence-corrected chi connectivity index (χ1v) is 8.01. The molecule has 0 bridgehead atoms. The molecule has 1 heterocycles. The molecule has 2 aromatic carbocycles. The van der Waals surface area contributed by atoms with Crippen molar-refractivity contribution in [2.24, 2.45) is 0 Å². The van der Waals surface area contributed by atoms with Gasteiger partial charge in [-0.2, -0.15) is 0 Å². The summed E-state index contributed by atoms with van der Waals surface area (Å²) in [6.45, 7) is 3.36. The molecule has 6 nitrogen and oxygen atoms in total. The minimum atomic E-state index is -1.25. The fourth-order valence-corrected chi connectivity index (χ4v) is 2.36. The molecule has 0 aromatic heterocycles. The Balaban J connectivity index is 1.66. The lowest BCUT2D eigenvalue weighted by atomic mass is 10.1. The van der Waals surface area contributed by atoms with Crippen LogP contribution in [0.4, 0.5) is 0 Å². The minimum absolute atomic E-state index is 0.151. The van der Waals surface area contributed by atoms with Gasteiger partial charge in [0.2, 0.25) is 0 Å². The molecule has 0 radical (unpaired) electrons. The molecule has 6 heteroatoms. The third-order valence-corrected chi connectivity index (χ3v) is 3.65. The highest BCUT2D eigenvalue weighted by molar-refractivity contribution is 6.18. The predicted molar refractivity (Wildman–Crippen MR) is 93.1 cm³/mol. The van der Waals surface area contributed by atoms with Crippen molar-refractivity contribution in [2.45, 2.75) is 26.2 Å². The van der Waals surface area contributed by atoms with Crippen molar-refractivity contribution in [1.29, 1.82) is 0 Å². The van der Waals surface area contributed by atoms with Crippen LogP contribution in [0.3, 0.4) is 0 Å². The van der Waals surface area contributed by atoms with Gasteiger partial charge in [0.15, 0.2) is 0 Å². The van der Waals surface area contributed by atoms with E-state index in [1.54, 1.807) is 48.5 Å². The fraction of sp³-hybridized carbons (Fsp3) is 0.200. The van der Waals surface area contributed by atoms with E-state index < -0.39 is 17.7 Å². The molecule has 1 aliphatic rings. The lowest BCUT2D eigenvalue weighted by Gasteiger charge is -2.29. The Morgan fingerprint density at radius 2 is 1.54 bits per heavy atom. The van der Waals surface area contributed by atoms with Crippen LogP contribution < -0.4 is 4.74 Å². The summed E-state index contributed by atoms with van der Waals surface area (Å²) >= 11 is 0. The average Bonchev–Trinajstić information content (AvgIpc) is 2.58. The van der Waals surface area contributed by atoms with Gasteiger partial charge in [0.05, 0.1) is 0 Å². The zero-order chi connectivity index (χ0) is 18.7. The van der Waals surface area contributed by atoms with E-state index in [0.717, 1.165) is 5.56 Å². The van der Waals surface area contributed by atoms with Gasteiger partial charge in [-0.05, 0) is 41.5 Å². The number of benzene rings is 2. The Hall–Kier alpha value is -3.28. The van der Waals surface area contributed by atoms with E-state index in [9.17, 15) is 14.7 Å². The lowest BCUT2D eigenvalue weighted by molar-refractivity contribution is -0.222. The second-order valence-corrected chi connectivity index (χ2v) is 6.26. The van der Waals surface area contributed by atoms with Crippen molar-refractivity contribution in [3.05, 3.63) is 65.2 Å². The number of aromatic hydroxyl groups is 1. The van der Waals surface area contributed by atoms with Crippen LogP contribution >= 0.6 is 0 Å². The standard InChI is InChI=1S/C20H18O6/c1-20(2)25-18(22)17(19(23)26-20)11-13-5-9-16(10-6-13)24-12-14-3-7-15(21)8-4-14/h3-11,21H,12H2,1-2H3. The molecule has 2 aromatic rings. The van der Waals surface area contributed by atoms with Gasteiger partial charge in [0.1, 0.15) is 23.7 Å². The number of ether oxygens (including phenoxy) is 3. The normalized spacial score (nSPS) is 15.8. The molecule has 1 aliphatic heterocycles. The quantitative estimate of drug-likeness (QED) is 0.516. The van der Waals surface area contributed by atoms with Crippen molar-refractivity contribution in [2.75, 3.05) is 0 Å². The number of rotatable bonds is 4. The Labute approximate surface area is 150 Å². The topological polar surface area (TPSA) is 82.1 Å². The van der Waals surface area contributed by atoms with Gasteiger partial charge in [-0.25, -0.2) is 9.59 Å². The van der Waals surface area contributed by atoms with Crippen LogP contribution in [0.1, 0.15) is 25.0 Å². The molecule has 1 saturated heterocycles. The van der Waals surface area contributed by atoms with Crippen LogP contribution in [0.5, 0.6) is 11.5 Å². The van der Waals surface area contributed by atoms with Crippen LogP contribution in [-0.2, 0) is 25.7 Å². The van der Waals surface area contributed by atoms with E-state index in [4.69, 9.17) is 14.2 Å². The Kier molecular flexibility index (Phi) is 4.67. The van der Waals surface area contributed by atoms with Crippen molar-refractivity contribution in [1.82, 2.24) is 0 Å². The first kappa shape index (κ1) is 17.5. The summed E-state index contributed by atoms with van der Waals surface area (Å²) in [5.41, 5.74) is 1.41. The van der Waals surface area contributed by atoms with Gasteiger partial charge in [-0.3, -0.25) is 0 Å². The van der Waals surface area contributed by atoms with Gasteiger partial charge in [-0.1, -0.05) is 24.3 Å². The van der Waals surface area contributed by atoms with Crippen LogP contribution in [0.15, 0.2) is 54.1 Å². The minimum Gasteiger partial charge on any atom is -0.508 e. The Morgan fingerprint density at radius 3 is 2.12 bits per heavy atom. The highest BCUT2D eigenvalue weighted by atomic mass is 16.7. The second kappa shape index (κ2) is 6.92. The maximum absolute atomic E-state index is 11.9. The maximum atomic E-state index is 11.9. The van der Waals surface area contributed by atoms with Gasteiger partial charge < -0.3 is 19.3 Å². The third-order valence-electron chi connectivity index (χ3n) is 3.65. The summed E-state index contributed by atoms with van der Waals surface area (Å²) < 4.78 is 15.8. The first-order chi connectivity index (χ1) is 12.3. The lowest BCUT2D eigenvalue weighted by Crippen LogP contribution is -2.41. The number of carbonyl (C=O) groups excluding carboxylic acids is 2. The number of esters is 2. The number of carbonyl (C=O) groups is 2. The summed E-state index contributed by atoms with van der Waals surface area (Å²) in [5.74, 6) is -1.83. The Bertz CT molecular complexity index is 825. The molecule has 0 unspecified atom stereocenters. The number of hydrogen-bond acceptors (Lipinski definition) is 6. The van der Waals surface area contributed by atoms with Crippen LogP contribution in [-0.4, -0.2) is 22.8 Å². The second-order valence-electron chi connectivity index (χ2n) is 6.26. The molecule has 0 saturated carbocycles. The Morgan fingerprint density at radius 1 is 0.962 bits per heavy atom. The first-order valence-electron chi connectivity index (χ1n) is 8.01. The summed E-state index contributed by atoms with van der Waals surface area (Å²) in [7, 11) is 0. The van der Waals surface area contributed by atoms with E-state index in [1.165, 1.54) is 19.9 Å². The molecular weight excluding hydrogens is 336 g/mol. The largest absolute Gasteiger partial charge is 0.508 e.